The molecule has 168 valence electrons. The minimum atomic E-state index is -0.352. The number of aryl methyl sites for hydroxylation is 1. The summed E-state index contributed by atoms with van der Waals surface area (Å²) in [7, 11) is 0. The average molecular weight is 468 g/mol. The monoisotopic (exact) mass is 467 g/mol. The van der Waals surface area contributed by atoms with Crippen LogP contribution in [0.4, 0.5) is 16.2 Å². The number of nitrogens with one attached hydrogen (secondary N) is 1. The summed E-state index contributed by atoms with van der Waals surface area (Å²) < 4.78 is 1.85. The van der Waals surface area contributed by atoms with E-state index >= 15 is 0 Å². The normalized spacial score (nSPS) is 14.9. The number of hydrogen-bond acceptors (Lipinski definition) is 4. The number of rotatable bonds is 5. The molecule has 34 heavy (non-hydrogen) atoms. The Balaban J connectivity index is 1.44. The molecule has 0 unspecified atom stereocenters. The number of anilines is 2. The number of carbonyl (C=O) groups excluding carboxylic acids is 3. The number of hydrogen-bond donors (Lipinski definition) is 1. The Labute approximate surface area is 200 Å². The number of amides is 3. The summed E-state index contributed by atoms with van der Waals surface area (Å²) >= 11 is 0.916. The zero-order valence-corrected chi connectivity index (χ0v) is 19.2. The van der Waals surface area contributed by atoms with Gasteiger partial charge in [-0.05, 0) is 60.7 Å². The van der Waals surface area contributed by atoms with Crippen LogP contribution in [0.2, 0.25) is 0 Å². The maximum atomic E-state index is 13.0. The van der Waals surface area contributed by atoms with Crippen molar-refractivity contribution >= 4 is 57.2 Å². The van der Waals surface area contributed by atoms with E-state index in [1.54, 1.807) is 30.3 Å². The van der Waals surface area contributed by atoms with Crippen molar-refractivity contribution < 1.29 is 14.4 Å². The Hall–Kier alpha value is -4.10. The second kappa shape index (κ2) is 9.03. The number of carbonyl (C=O) groups is 3. The first-order valence-corrected chi connectivity index (χ1v) is 11.6. The maximum Gasteiger partial charge on any atom is 0.298 e. The lowest BCUT2D eigenvalue weighted by atomic mass is 10.1. The molecule has 1 aromatic heterocycles. The van der Waals surface area contributed by atoms with Gasteiger partial charge in [0.15, 0.2) is 0 Å². The van der Waals surface area contributed by atoms with E-state index in [0.29, 0.717) is 10.6 Å². The molecule has 0 spiro atoms. The smallest absolute Gasteiger partial charge is 0.298 e. The lowest BCUT2D eigenvalue weighted by molar-refractivity contribution is -0.116. The molecule has 0 atom stereocenters. The van der Waals surface area contributed by atoms with Gasteiger partial charge >= 0.3 is 0 Å². The molecule has 3 aromatic carbocycles. The van der Waals surface area contributed by atoms with Crippen molar-refractivity contribution in [2.24, 2.45) is 0 Å². The molecule has 1 aliphatic heterocycles. The minimum Gasteiger partial charge on any atom is -0.337 e. The van der Waals surface area contributed by atoms with Crippen molar-refractivity contribution in [3.05, 3.63) is 101 Å². The molecule has 3 amide bonds. The number of fused-ring (bicyclic) bond motifs is 1. The summed E-state index contributed by atoms with van der Waals surface area (Å²) in [6.45, 7) is 2.09. The van der Waals surface area contributed by atoms with Crippen molar-refractivity contribution in [2.75, 3.05) is 10.2 Å². The number of benzene rings is 3. The first kappa shape index (κ1) is 21.7. The van der Waals surface area contributed by atoms with E-state index in [4.69, 9.17) is 0 Å². The van der Waals surface area contributed by atoms with E-state index < -0.39 is 0 Å². The van der Waals surface area contributed by atoms with Gasteiger partial charge in [-0.2, -0.15) is 0 Å². The third kappa shape index (κ3) is 4.25. The van der Waals surface area contributed by atoms with Crippen LogP contribution in [0.25, 0.3) is 17.0 Å². The van der Waals surface area contributed by atoms with E-state index in [-0.39, 0.29) is 23.6 Å². The van der Waals surface area contributed by atoms with Crippen LogP contribution in [0, 0.1) is 6.92 Å². The van der Waals surface area contributed by atoms with Gasteiger partial charge in [0.25, 0.3) is 11.1 Å². The summed E-state index contributed by atoms with van der Waals surface area (Å²) in [6, 6.07) is 24.2. The van der Waals surface area contributed by atoms with Crippen LogP contribution in [0.3, 0.4) is 0 Å². The molecule has 7 heteroatoms. The molecule has 1 aliphatic rings. The van der Waals surface area contributed by atoms with Gasteiger partial charge in [0.05, 0.1) is 10.6 Å². The van der Waals surface area contributed by atoms with Gasteiger partial charge in [0.2, 0.25) is 5.91 Å². The summed E-state index contributed by atoms with van der Waals surface area (Å²) in [4.78, 5) is 39.8. The van der Waals surface area contributed by atoms with E-state index in [2.05, 4.69) is 5.32 Å². The molecule has 1 fully saturated rings. The van der Waals surface area contributed by atoms with E-state index in [1.807, 2.05) is 72.3 Å². The Morgan fingerprint density at radius 3 is 2.53 bits per heavy atom. The fourth-order valence-corrected chi connectivity index (χ4v) is 4.84. The van der Waals surface area contributed by atoms with Crippen LogP contribution in [-0.2, 0) is 16.1 Å². The van der Waals surface area contributed by atoms with Crippen molar-refractivity contribution in [1.29, 1.82) is 0 Å². The summed E-state index contributed by atoms with van der Waals surface area (Å²) in [5, 5.41) is 3.50. The van der Waals surface area contributed by atoms with Gasteiger partial charge in [0, 0.05) is 28.4 Å². The van der Waals surface area contributed by atoms with E-state index in [0.717, 1.165) is 39.5 Å². The standard InChI is InChI=1S/C27H21N3O3S/c1-18-8-7-9-20(14-18)28-25(31)17-29-16-19(22-12-5-6-13-23(22)29)15-24-26(32)30(27(33)34-24)21-10-3-2-4-11-21/h2-16H,17H2,1H3,(H,28,31)/b24-15+. The fraction of sp³-hybridized carbons (Fsp3) is 0.0741. The Morgan fingerprint density at radius 1 is 0.971 bits per heavy atom. The molecular weight excluding hydrogens is 446 g/mol. The van der Waals surface area contributed by atoms with Gasteiger partial charge in [0.1, 0.15) is 6.54 Å². The molecule has 0 bridgehead atoms. The number of para-hydroxylation sites is 2. The van der Waals surface area contributed by atoms with E-state index in [9.17, 15) is 14.4 Å². The summed E-state index contributed by atoms with van der Waals surface area (Å²) in [5.41, 5.74) is 4.00. The SMILES string of the molecule is Cc1cccc(NC(=O)Cn2cc(/C=C3/SC(=O)N(c4ccccc4)C3=O)c3ccccc32)c1. The summed E-state index contributed by atoms with van der Waals surface area (Å²) in [6.07, 6.45) is 3.57. The van der Waals surface area contributed by atoms with Crippen LogP contribution in [0.1, 0.15) is 11.1 Å². The highest BCUT2D eigenvalue weighted by Crippen LogP contribution is 2.36. The molecule has 4 aromatic rings. The zero-order valence-electron chi connectivity index (χ0n) is 18.4. The highest BCUT2D eigenvalue weighted by molar-refractivity contribution is 8.19. The van der Waals surface area contributed by atoms with Crippen LogP contribution in [0.15, 0.2) is 90.0 Å². The molecule has 5 rings (SSSR count). The third-order valence-corrected chi connectivity index (χ3v) is 6.40. The molecule has 0 radical (unpaired) electrons. The number of nitrogens with zero attached hydrogens (tertiary/aromatic N) is 2. The van der Waals surface area contributed by atoms with E-state index in [1.165, 1.54) is 4.90 Å². The quantitative estimate of drug-likeness (QED) is 0.375. The predicted molar refractivity (Wildman–Crippen MR) is 137 cm³/mol. The largest absolute Gasteiger partial charge is 0.337 e. The predicted octanol–water partition coefficient (Wildman–Crippen LogP) is 5.83. The maximum absolute atomic E-state index is 13.0. The Bertz CT molecular complexity index is 1460. The summed E-state index contributed by atoms with van der Waals surface area (Å²) in [5.74, 6) is -0.502. The topological polar surface area (TPSA) is 71.4 Å². The highest BCUT2D eigenvalue weighted by Gasteiger charge is 2.36. The molecule has 6 nitrogen and oxygen atoms in total. The zero-order chi connectivity index (χ0) is 23.7. The molecule has 2 heterocycles. The second-order valence-electron chi connectivity index (χ2n) is 8.00. The van der Waals surface area contributed by atoms with Crippen molar-refractivity contribution in [1.82, 2.24) is 4.57 Å². The van der Waals surface area contributed by atoms with Crippen LogP contribution in [-0.4, -0.2) is 21.6 Å². The fourth-order valence-electron chi connectivity index (χ4n) is 4.01. The Morgan fingerprint density at radius 2 is 1.74 bits per heavy atom. The molecule has 0 saturated carbocycles. The van der Waals surface area contributed by atoms with Gasteiger partial charge < -0.3 is 9.88 Å². The Kier molecular flexibility index (Phi) is 5.77. The minimum absolute atomic E-state index is 0.119. The van der Waals surface area contributed by atoms with Crippen molar-refractivity contribution in [3.8, 4) is 0 Å². The molecule has 1 saturated heterocycles. The first-order chi connectivity index (χ1) is 16.5. The van der Waals surface area contributed by atoms with Gasteiger partial charge in [-0.15, -0.1) is 0 Å². The highest BCUT2D eigenvalue weighted by atomic mass is 32.2. The van der Waals surface area contributed by atoms with Gasteiger partial charge in [-0.3, -0.25) is 14.4 Å². The number of imide groups is 1. The molecule has 1 N–H and O–H groups in total. The van der Waals surface area contributed by atoms with Crippen LogP contribution in [0.5, 0.6) is 0 Å². The lowest BCUT2D eigenvalue weighted by Gasteiger charge is -2.11. The lowest BCUT2D eigenvalue weighted by Crippen LogP contribution is -2.27. The second-order valence-corrected chi connectivity index (χ2v) is 8.99. The van der Waals surface area contributed by atoms with Crippen molar-refractivity contribution in [3.63, 3.8) is 0 Å². The third-order valence-electron chi connectivity index (χ3n) is 5.53. The molecular formula is C27H21N3O3S. The molecule has 0 aliphatic carbocycles. The van der Waals surface area contributed by atoms with Crippen LogP contribution >= 0.6 is 11.8 Å². The number of aromatic nitrogens is 1. The van der Waals surface area contributed by atoms with Gasteiger partial charge in [-0.25, -0.2) is 4.90 Å². The number of thioether (sulfide) groups is 1. The van der Waals surface area contributed by atoms with Crippen LogP contribution < -0.4 is 10.2 Å². The average Bonchev–Trinajstić information content (AvgIpc) is 3.30. The van der Waals surface area contributed by atoms with Gasteiger partial charge in [-0.1, -0.05) is 48.5 Å². The first-order valence-electron chi connectivity index (χ1n) is 10.8. The van der Waals surface area contributed by atoms with Crippen molar-refractivity contribution in [2.45, 2.75) is 13.5 Å².